The Morgan fingerprint density at radius 3 is 2.33 bits per heavy atom. The Morgan fingerprint density at radius 2 is 1.69 bits per heavy atom. The van der Waals surface area contributed by atoms with E-state index in [0.29, 0.717) is 34.9 Å². The van der Waals surface area contributed by atoms with Crippen molar-refractivity contribution >= 4 is 23.1 Å². The van der Waals surface area contributed by atoms with Crippen LogP contribution in [0.3, 0.4) is 0 Å². The number of carbonyl (C=O) groups excluding carboxylic acids is 2. The molecule has 0 bridgehead atoms. The molecule has 0 aromatic heterocycles. The fourth-order valence-electron chi connectivity index (χ4n) is 4.58. The molecule has 4 rings (SSSR count). The first-order chi connectivity index (χ1) is 17.3. The number of Topliss-reactive ketones (excluding diaryl/α,β-unsaturated/α-hetero) is 1. The molecular weight excluding hydrogens is 454 g/mol. The monoisotopic (exact) mass is 485 g/mol. The lowest BCUT2D eigenvalue weighted by Gasteiger charge is -2.28. The van der Waals surface area contributed by atoms with Gasteiger partial charge in [-0.1, -0.05) is 49.4 Å². The van der Waals surface area contributed by atoms with Crippen molar-refractivity contribution in [3.63, 3.8) is 0 Å². The van der Waals surface area contributed by atoms with Gasteiger partial charge in [-0.05, 0) is 67.6 Å². The van der Waals surface area contributed by atoms with Gasteiger partial charge in [0.15, 0.2) is 11.5 Å². The first kappa shape index (κ1) is 25.0. The third-order valence-corrected chi connectivity index (χ3v) is 6.72. The molecule has 1 unspecified atom stereocenters. The van der Waals surface area contributed by atoms with Crippen molar-refractivity contribution in [1.29, 1.82) is 0 Å². The summed E-state index contributed by atoms with van der Waals surface area (Å²) in [6.45, 7) is 8.21. The van der Waals surface area contributed by atoms with Crippen LogP contribution < -0.4 is 14.4 Å². The molecule has 6 nitrogen and oxygen atoms in total. The van der Waals surface area contributed by atoms with Crippen molar-refractivity contribution < 1.29 is 24.2 Å². The normalized spacial score (nSPS) is 16.9. The summed E-state index contributed by atoms with van der Waals surface area (Å²) >= 11 is 0. The highest BCUT2D eigenvalue weighted by molar-refractivity contribution is 6.51. The predicted molar refractivity (Wildman–Crippen MR) is 141 cm³/mol. The topological polar surface area (TPSA) is 76.1 Å². The van der Waals surface area contributed by atoms with Crippen LogP contribution in [0.1, 0.15) is 47.7 Å². The number of hydrogen-bond acceptors (Lipinski definition) is 5. The maximum atomic E-state index is 13.5. The van der Waals surface area contributed by atoms with Crippen LogP contribution in [-0.2, 0) is 16.0 Å². The number of aliphatic hydroxyl groups excluding tert-OH is 1. The molecule has 36 heavy (non-hydrogen) atoms. The number of methoxy groups -OCH3 is 1. The van der Waals surface area contributed by atoms with Gasteiger partial charge in [0.2, 0.25) is 0 Å². The van der Waals surface area contributed by atoms with Crippen molar-refractivity contribution in [1.82, 2.24) is 0 Å². The lowest BCUT2D eigenvalue weighted by atomic mass is 9.94. The van der Waals surface area contributed by atoms with Gasteiger partial charge in [-0.2, -0.15) is 0 Å². The molecule has 186 valence electrons. The molecule has 0 saturated carbocycles. The van der Waals surface area contributed by atoms with Gasteiger partial charge in [0, 0.05) is 11.3 Å². The summed E-state index contributed by atoms with van der Waals surface area (Å²) in [4.78, 5) is 28.5. The van der Waals surface area contributed by atoms with Gasteiger partial charge in [-0.15, -0.1) is 0 Å². The Bertz CT molecular complexity index is 1340. The van der Waals surface area contributed by atoms with E-state index in [-0.39, 0.29) is 11.3 Å². The van der Waals surface area contributed by atoms with Crippen LogP contribution in [0.25, 0.3) is 5.76 Å². The van der Waals surface area contributed by atoms with Crippen LogP contribution in [0, 0.1) is 13.8 Å². The van der Waals surface area contributed by atoms with Crippen molar-refractivity contribution in [2.24, 2.45) is 0 Å². The standard InChI is InChI=1S/C30H31NO5/c1-6-20-11-13-21(14-12-20)28(32)26-27(22-15-16-24(35-5)25(17-22)36-7-2)31(30(34)29(26)33)23-10-8-9-18(3)19(23)4/h8-17,27,32H,6-7H2,1-5H3/b28-26+. The molecule has 1 aliphatic rings. The van der Waals surface area contributed by atoms with Gasteiger partial charge in [-0.25, -0.2) is 0 Å². The third kappa shape index (κ3) is 4.35. The molecule has 1 fully saturated rings. The van der Waals surface area contributed by atoms with Crippen LogP contribution in [0.15, 0.2) is 66.2 Å². The zero-order chi connectivity index (χ0) is 26.0. The largest absolute Gasteiger partial charge is 0.507 e. The highest BCUT2D eigenvalue weighted by Crippen LogP contribution is 2.45. The molecule has 1 heterocycles. The van der Waals surface area contributed by atoms with Crippen molar-refractivity contribution in [2.75, 3.05) is 18.6 Å². The summed E-state index contributed by atoms with van der Waals surface area (Å²) in [5, 5.41) is 11.4. The van der Waals surface area contributed by atoms with E-state index in [4.69, 9.17) is 9.47 Å². The van der Waals surface area contributed by atoms with Crippen LogP contribution >= 0.6 is 0 Å². The molecule has 1 N–H and O–H groups in total. The number of anilines is 1. The minimum Gasteiger partial charge on any atom is -0.507 e. The third-order valence-electron chi connectivity index (χ3n) is 6.72. The molecule has 6 heteroatoms. The van der Waals surface area contributed by atoms with Crippen molar-refractivity contribution in [3.8, 4) is 11.5 Å². The van der Waals surface area contributed by atoms with E-state index >= 15 is 0 Å². The number of rotatable bonds is 7. The average molecular weight is 486 g/mol. The Hall–Kier alpha value is -4.06. The summed E-state index contributed by atoms with van der Waals surface area (Å²) in [5.74, 6) is -0.584. The van der Waals surface area contributed by atoms with E-state index < -0.39 is 17.7 Å². The molecule has 1 amide bonds. The highest BCUT2D eigenvalue weighted by Gasteiger charge is 2.47. The van der Waals surface area contributed by atoms with E-state index in [1.165, 1.54) is 4.90 Å². The van der Waals surface area contributed by atoms with Crippen LogP contribution in [0.5, 0.6) is 11.5 Å². The van der Waals surface area contributed by atoms with E-state index in [9.17, 15) is 14.7 Å². The Morgan fingerprint density at radius 1 is 0.972 bits per heavy atom. The summed E-state index contributed by atoms with van der Waals surface area (Å²) in [7, 11) is 1.56. The van der Waals surface area contributed by atoms with Gasteiger partial charge >= 0.3 is 0 Å². The van der Waals surface area contributed by atoms with Crippen LogP contribution in [0.4, 0.5) is 5.69 Å². The molecule has 0 radical (unpaired) electrons. The summed E-state index contributed by atoms with van der Waals surface area (Å²) in [5.41, 5.74) is 4.76. The number of carbonyl (C=O) groups is 2. The van der Waals surface area contributed by atoms with Gasteiger partial charge < -0.3 is 14.6 Å². The number of nitrogens with zero attached hydrogens (tertiary/aromatic N) is 1. The highest BCUT2D eigenvalue weighted by atomic mass is 16.5. The second-order valence-corrected chi connectivity index (χ2v) is 8.78. The predicted octanol–water partition coefficient (Wildman–Crippen LogP) is 5.90. The molecule has 0 spiro atoms. The fraction of sp³-hybridized carbons (Fsp3) is 0.267. The van der Waals surface area contributed by atoms with Gasteiger partial charge in [0.05, 0.1) is 25.3 Å². The Kier molecular flexibility index (Phi) is 7.15. The lowest BCUT2D eigenvalue weighted by Crippen LogP contribution is -2.30. The van der Waals surface area contributed by atoms with E-state index in [2.05, 4.69) is 0 Å². The van der Waals surface area contributed by atoms with Crippen LogP contribution in [0.2, 0.25) is 0 Å². The second kappa shape index (κ2) is 10.3. The Balaban J connectivity index is 1.98. The number of hydrogen-bond donors (Lipinski definition) is 1. The van der Waals surface area contributed by atoms with Gasteiger partial charge in [-0.3, -0.25) is 14.5 Å². The maximum Gasteiger partial charge on any atom is 0.300 e. The fourth-order valence-corrected chi connectivity index (χ4v) is 4.58. The molecule has 0 aliphatic carbocycles. The number of benzene rings is 3. The number of aryl methyl sites for hydroxylation is 2. The van der Waals surface area contributed by atoms with E-state index in [0.717, 1.165) is 23.1 Å². The number of amides is 1. The molecule has 1 aliphatic heterocycles. The van der Waals surface area contributed by atoms with Gasteiger partial charge in [0.25, 0.3) is 11.7 Å². The summed E-state index contributed by atoms with van der Waals surface area (Å²) in [6.07, 6.45) is 0.851. The van der Waals surface area contributed by atoms with Crippen molar-refractivity contribution in [2.45, 2.75) is 40.2 Å². The molecule has 1 atom stereocenters. The number of ether oxygens (including phenoxy) is 2. The molecular formula is C30H31NO5. The second-order valence-electron chi connectivity index (χ2n) is 8.78. The molecule has 1 saturated heterocycles. The SMILES string of the molecule is CCOc1cc(C2/C(=C(\O)c3ccc(CC)cc3)C(=O)C(=O)N2c2cccc(C)c2C)ccc1OC. The van der Waals surface area contributed by atoms with Crippen molar-refractivity contribution in [3.05, 3.63) is 94.1 Å². The van der Waals surface area contributed by atoms with Gasteiger partial charge in [0.1, 0.15) is 5.76 Å². The summed E-state index contributed by atoms with van der Waals surface area (Å²) < 4.78 is 11.2. The zero-order valence-corrected chi connectivity index (χ0v) is 21.3. The Labute approximate surface area is 211 Å². The maximum absolute atomic E-state index is 13.5. The lowest BCUT2D eigenvalue weighted by molar-refractivity contribution is -0.132. The molecule has 3 aromatic carbocycles. The average Bonchev–Trinajstić information content (AvgIpc) is 3.15. The first-order valence-corrected chi connectivity index (χ1v) is 12.1. The van der Waals surface area contributed by atoms with E-state index in [1.54, 1.807) is 37.4 Å². The molecule has 3 aromatic rings. The number of aliphatic hydroxyl groups is 1. The minimum absolute atomic E-state index is 0.0396. The zero-order valence-electron chi connectivity index (χ0n) is 21.3. The summed E-state index contributed by atoms with van der Waals surface area (Å²) in [6, 6.07) is 17.5. The first-order valence-electron chi connectivity index (χ1n) is 12.1. The van der Waals surface area contributed by atoms with E-state index in [1.807, 2.05) is 58.0 Å². The number of ketones is 1. The minimum atomic E-state index is -0.846. The van der Waals surface area contributed by atoms with Crippen LogP contribution in [-0.4, -0.2) is 30.5 Å². The smallest absolute Gasteiger partial charge is 0.300 e. The quantitative estimate of drug-likeness (QED) is 0.256.